The second-order valence-corrected chi connectivity index (χ2v) is 4.55. The third kappa shape index (κ3) is 2.65. The van der Waals surface area contributed by atoms with E-state index in [1.54, 1.807) is 6.07 Å². The Morgan fingerprint density at radius 3 is 2.65 bits per heavy atom. The lowest BCUT2D eigenvalue weighted by Gasteiger charge is -2.20. The number of carbonyl (C=O) groups is 1. The third-order valence-corrected chi connectivity index (χ3v) is 3.41. The van der Waals surface area contributed by atoms with Crippen LogP contribution in [-0.4, -0.2) is 12.9 Å². The Morgan fingerprint density at radius 2 is 2.00 bits per heavy atom. The van der Waals surface area contributed by atoms with Gasteiger partial charge in [0.25, 0.3) is 0 Å². The Balaban J connectivity index is 2.18. The zero-order valence-electron chi connectivity index (χ0n) is 10.0. The van der Waals surface area contributed by atoms with E-state index in [4.69, 9.17) is 4.74 Å². The van der Waals surface area contributed by atoms with Crippen LogP contribution in [0.4, 0.5) is 4.39 Å². The fourth-order valence-electron chi connectivity index (χ4n) is 2.41. The van der Waals surface area contributed by atoms with Crippen LogP contribution in [-0.2, 0) is 0 Å². The standard InChI is InChI=1S/C14H17FO2/c1-17-13-9-11(7-8-12(13)15)14(16)10-5-3-2-4-6-10/h7-10H,2-6H2,1H3. The van der Waals surface area contributed by atoms with Crippen LogP contribution >= 0.6 is 0 Å². The second-order valence-electron chi connectivity index (χ2n) is 4.55. The van der Waals surface area contributed by atoms with Gasteiger partial charge in [-0.25, -0.2) is 4.39 Å². The van der Waals surface area contributed by atoms with Gasteiger partial charge < -0.3 is 4.74 Å². The van der Waals surface area contributed by atoms with Crippen LogP contribution in [0.3, 0.4) is 0 Å². The predicted octanol–water partition coefficient (Wildman–Crippen LogP) is 3.60. The molecule has 0 saturated heterocycles. The number of ether oxygens (including phenoxy) is 1. The summed E-state index contributed by atoms with van der Waals surface area (Å²) in [5, 5.41) is 0. The van der Waals surface area contributed by atoms with Gasteiger partial charge in [-0.05, 0) is 31.0 Å². The summed E-state index contributed by atoms with van der Waals surface area (Å²) in [5.74, 6) is -0.0405. The van der Waals surface area contributed by atoms with Crippen LogP contribution in [0.15, 0.2) is 18.2 Å². The summed E-state index contributed by atoms with van der Waals surface area (Å²) in [4.78, 5) is 12.2. The second kappa shape index (κ2) is 5.30. The van der Waals surface area contributed by atoms with E-state index in [1.165, 1.54) is 25.7 Å². The number of carbonyl (C=O) groups excluding carboxylic acids is 1. The Morgan fingerprint density at radius 1 is 1.29 bits per heavy atom. The van der Waals surface area contributed by atoms with Crippen molar-refractivity contribution in [2.45, 2.75) is 32.1 Å². The number of ketones is 1. The molecule has 92 valence electrons. The molecule has 0 spiro atoms. The molecule has 0 radical (unpaired) electrons. The molecule has 0 atom stereocenters. The molecule has 3 heteroatoms. The van der Waals surface area contributed by atoms with E-state index < -0.39 is 5.82 Å². The molecular formula is C14H17FO2. The molecule has 1 aromatic rings. The minimum absolute atomic E-state index is 0.110. The molecule has 2 nitrogen and oxygen atoms in total. The van der Waals surface area contributed by atoms with Crippen molar-refractivity contribution in [2.75, 3.05) is 7.11 Å². The lowest BCUT2D eigenvalue weighted by atomic mass is 9.84. The lowest BCUT2D eigenvalue weighted by molar-refractivity contribution is 0.0889. The minimum atomic E-state index is -0.423. The highest BCUT2D eigenvalue weighted by atomic mass is 19.1. The first-order chi connectivity index (χ1) is 8.22. The third-order valence-electron chi connectivity index (χ3n) is 3.41. The fraction of sp³-hybridized carbons (Fsp3) is 0.500. The van der Waals surface area contributed by atoms with Gasteiger partial charge in [0, 0.05) is 11.5 Å². The number of Topliss-reactive ketones (excluding diaryl/α,β-unsaturated/α-hetero) is 1. The molecule has 0 aromatic heterocycles. The van der Waals surface area contributed by atoms with Crippen LogP contribution in [0.5, 0.6) is 5.75 Å². The molecule has 0 bridgehead atoms. The van der Waals surface area contributed by atoms with E-state index in [2.05, 4.69) is 0 Å². The minimum Gasteiger partial charge on any atom is -0.494 e. The van der Waals surface area contributed by atoms with Crippen LogP contribution in [0, 0.1) is 11.7 Å². The Labute approximate surface area is 101 Å². The molecule has 1 aliphatic carbocycles. The summed E-state index contributed by atoms with van der Waals surface area (Å²) in [5.41, 5.74) is 0.565. The lowest BCUT2D eigenvalue weighted by Crippen LogP contribution is -2.17. The summed E-state index contributed by atoms with van der Waals surface area (Å²) in [6.07, 6.45) is 5.37. The van der Waals surface area contributed by atoms with Crippen molar-refractivity contribution >= 4 is 5.78 Å². The highest BCUT2D eigenvalue weighted by Crippen LogP contribution is 2.28. The smallest absolute Gasteiger partial charge is 0.166 e. The fourth-order valence-corrected chi connectivity index (χ4v) is 2.41. The highest BCUT2D eigenvalue weighted by Gasteiger charge is 2.23. The monoisotopic (exact) mass is 236 g/mol. The van der Waals surface area contributed by atoms with E-state index >= 15 is 0 Å². The van der Waals surface area contributed by atoms with Gasteiger partial charge in [-0.1, -0.05) is 19.3 Å². The van der Waals surface area contributed by atoms with Crippen molar-refractivity contribution in [3.8, 4) is 5.75 Å². The quantitative estimate of drug-likeness (QED) is 0.749. The van der Waals surface area contributed by atoms with Crippen molar-refractivity contribution in [1.82, 2.24) is 0 Å². The summed E-state index contributed by atoms with van der Waals surface area (Å²) in [6, 6.07) is 4.36. The van der Waals surface area contributed by atoms with Crippen LogP contribution in [0.1, 0.15) is 42.5 Å². The van der Waals surface area contributed by atoms with Gasteiger partial charge in [-0.3, -0.25) is 4.79 Å². The molecule has 2 rings (SSSR count). The van der Waals surface area contributed by atoms with E-state index in [1.807, 2.05) is 0 Å². The number of benzene rings is 1. The largest absolute Gasteiger partial charge is 0.494 e. The van der Waals surface area contributed by atoms with Crippen molar-refractivity contribution < 1.29 is 13.9 Å². The summed E-state index contributed by atoms with van der Waals surface area (Å²) in [6.45, 7) is 0. The van der Waals surface area contributed by atoms with Crippen molar-refractivity contribution in [1.29, 1.82) is 0 Å². The molecule has 0 unspecified atom stereocenters. The summed E-state index contributed by atoms with van der Waals surface area (Å²) >= 11 is 0. The molecule has 1 aliphatic rings. The molecule has 1 fully saturated rings. The first kappa shape index (κ1) is 12.1. The van der Waals surface area contributed by atoms with E-state index in [0.29, 0.717) is 5.56 Å². The molecule has 1 saturated carbocycles. The van der Waals surface area contributed by atoms with E-state index in [-0.39, 0.29) is 17.5 Å². The Kier molecular flexibility index (Phi) is 3.77. The average molecular weight is 236 g/mol. The van der Waals surface area contributed by atoms with Crippen molar-refractivity contribution in [3.63, 3.8) is 0 Å². The molecule has 0 heterocycles. The summed E-state index contributed by atoms with van der Waals surface area (Å²) in [7, 11) is 1.41. The predicted molar refractivity (Wildman–Crippen MR) is 63.9 cm³/mol. The number of halogens is 1. The first-order valence-electron chi connectivity index (χ1n) is 6.10. The molecular weight excluding hydrogens is 219 g/mol. The number of hydrogen-bond acceptors (Lipinski definition) is 2. The zero-order valence-corrected chi connectivity index (χ0v) is 10.0. The number of rotatable bonds is 3. The van der Waals surface area contributed by atoms with Crippen molar-refractivity contribution in [3.05, 3.63) is 29.6 Å². The van der Waals surface area contributed by atoms with Crippen LogP contribution < -0.4 is 4.74 Å². The Hall–Kier alpha value is -1.38. The van der Waals surface area contributed by atoms with Gasteiger partial charge in [-0.2, -0.15) is 0 Å². The molecule has 17 heavy (non-hydrogen) atoms. The first-order valence-corrected chi connectivity index (χ1v) is 6.10. The SMILES string of the molecule is COc1cc(C(=O)C2CCCCC2)ccc1F. The van der Waals surface area contributed by atoms with Gasteiger partial charge in [0.2, 0.25) is 0 Å². The topological polar surface area (TPSA) is 26.3 Å². The number of methoxy groups -OCH3 is 1. The highest BCUT2D eigenvalue weighted by molar-refractivity contribution is 5.98. The van der Waals surface area contributed by atoms with Gasteiger partial charge >= 0.3 is 0 Å². The average Bonchev–Trinajstić information content (AvgIpc) is 2.39. The maximum absolute atomic E-state index is 13.2. The normalized spacial score (nSPS) is 16.8. The van der Waals surface area contributed by atoms with Gasteiger partial charge in [0.1, 0.15) is 0 Å². The number of hydrogen-bond donors (Lipinski definition) is 0. The van der Waals surface area contributed by atoms with E-state index in [0.717, 1.165) is 25.7 Å². The van der Waals surface area contributed by atoms with Crippen molar-refractivity contribution in [2.24, 2.45) is 5.92 Å². The van der Waals surface area contributed by atoms with Crippen LogP contribution in [0.25, 0.3) is 0 Å². The zero-order chi connectivity index (χ0) is 12.3. The van der Waals surface area contributed by atoms with Crippen LogP contribution in [0.2, 0.25) is 0 Å². The maximum atomic E-state index is 13.2. The Bertz CT molecular complexity index is 409. The maximum Gasteiger partial charge on any atom is 0.166 e. The molecule has 0 aliphatic heterocycles. The molecule has 0 N–H and O–H groups in total. The molecule has 0 amide bonds. The van der Waals surface area contributed by atoms with Gasteiger partial charge in [-0.15, -0.1) is 0 Å². The van der Waals surface area contributed by atoms with Gasteiger partial charge in [0.05, 0.1) is 7.11 Å². The summed E-state index contributed by atoms with van der Waals surface area (Å²) < 4.78 is 18.1. The van der Waals surface area contributed by atoms with Gasteiger partial charge in [0.15, 0.2) is 17.3 Å². The molecule has 1 aromatic carbocycles. The van der Waals surface area contributed by atoms with E-state index in [9.17, 15) is 9.18 Å².